The van der Waals surface area contributed by atoms with Crippen molar-refractivity contribution in [1.82, 2.24) is 24.4 Å². The van der Waals surface area contributed by atoms with Crippen molar-refractivity contribution in [2.45, 2.75) is 0 Å². The lowest BCUT2D eigenvalue weighted by atomic mass is 10.1. The third kappa shape index (κ3) is 2.93. The van der Waals surface area contributed by atoms with Gasteiger partial charge in [-0.25, -0.2) is 9.67 Å². The van der Waals surface area contributed by atoms with Crippen molar-refractivity contribution in [2.24, 2.45) is 0 Å². The van der Waals surface area contributed by atoms with E-state index < -0.39 is 0 Å². The van der Waals surface area contributed by atoms with Gasteiger partial charge in [0.25, 0.3) is 0 Å². The predicted molar refractivity (Wildman–Crippen MR) is 104 cm³/mol. The first-order chi connectivity index (χ1) is 13.8. The SMILES string of the molecule is O=Cc1cc2nc(-n3cc(-c4ccccc4)cn3)cc(N3CCOCC3)n2n1. The average Bonchev–Trinajstić information content (AvgIpc) is 3.41. The van der Waals surface area contributed by atoms with E-state index >= 15 is 0 Å². The van der Waals surface area contributed by atoms with Crippen LogP contribution in [0.2, 0.25) is 0 Å². The second kappa shape index (κ2) is 6.90. The molecule has 1 aromatic carbocycles. The fraction of sp³-hybridized carbons (Fsp3) is 0.200. The second-order valence-electron chi connectivity index (χ2n) is 6.57. The summed E-state index contributed by atoms with van der Waals surface area (Å²) in [6.07, 6.45) is 4.51. The number of hydrogen-bond donors (Lipinski definition) is 0. The summed E-state index contributed by atoms with van der Waals surface area (Å²) in [5.41, 5.74) is 3.07. The number of fused-ring (bicyclic) bond motifs is 1. The molecule has 0 saturated carbocycles. The van der Waals surface area contributed by atoms with Crippen LogP contribution >= 0.6 is 0 Å². The van der Waals surface area contributed by atoms with Crippen LogP contribution < -0.4 is 4.90 Å². The average molecular weight is 374 g/mol. The summed E-state index contributed by atoms with van der Waals surface area (Å²) in [5.74, 6) is 1.54. The molecule has 0 amide bonds. The molecule has 0 bridgehead atoms. The number of carbonyl (C=O) groups excluding carboxylic acids is 1. The minimum Gasteiger partial charge on any atom is -0.378 e. The Kier molecular flexibility index (Phi) is 4.10. The molecule has 140 valence electrons. The van der Waals surface area contributed by atoms with E-state index in [9.17, 15) is 4.79 Å². The summed E-state index contributed by atoms with van der Waals surface area (Å²) in [5, 5.41) is 8.86. The molecule has 8 heteroatoms. The monoisotopic (exact) mass is 374 g/mol. The quantitative estimate of drug-likeness (QED) is 0.510. The van der Waals surface area contributed by atoms with E-state index in [1.807, 2.05) is 48.8 Å². The van der Waals surface area contributed by atoms with Gasteiger partial charge in [0, 0.05) is 37.0 Å². The smallest absolute Gasteiger partial charge is 0.170 e. The van der Waals surface area contributed by atoms with Crippen molar-refractivity contribution in [2.75, 3.05) is 31.2 Å². The lowest BCUT2D eigenvalue weighted by Gasteiger charge is -2.29. The zero-order valence-electron chi connectivity index (χ0n) is 15.1. The van der Waals surface area contributed by atoms with Gasteiger partial charge in [0.05, 0.1) is 19.4 Å². The summed E-state index contributed by atoms with van der Waals surface area (Å²) in [6.45, 7) is 2.81. The molecule has 3 aromatic heterocycles. The molecule has 1 aliphatic rings. The summed E-state index contributed by atoms with van der Waals surface area (Å²) >= 11 is 0. The van der Waals surface area contributed by atoms with Gasteiger partial charge in [-0.3, -0.25) is 4.79 Å². The molecule has 0 unspecified atom stereocenters. The first-order valence-corrected chi connectivity index (χ1v) is 9.11. The molecule has 8 nitrogen and oxygen atoms in total. The van der Waals surface area contributed by atoms with Gasteiger partial charge in [-0.1, -0.05) is 30.3 Å². The van der Waals surface area contributed by atoms with Crippen LogP contribution in [0.3, 0.4) is 0 Å². The fourth-order valence-electron chi connectivity index (χ4n) is 3.38. The van der Waals surface area contributed by atoms with Crippen molar-refractivity contribution < 1.29 is 9.53 Å². The fourth-order valence-corrected chi connectivity index (χ4v) is 3.38. The second-order valence-corrected chi connectivity index (χ2v) is 6.57. The van der Waals surface area contributed by atoms with E-state index in [4.69, 9.17) is 4.74 Å². The molecular formula is C20H18N6O2. The van der Waals surface area contributed by atoms with E-state index in [0.29, 0.717) is 30.4 Å². The molecule has 0 atom stereocenters. The maximum atomic E-state index is 11.2. The molecule has 5 rings (SSSR count). The van der Waals surface area contributed by atoms with Crippen LogP contribution in [-0.2, 0) is 4.74 Å². The van der Waals surface area contributed by atoms with Gasteiger partial charge in [-0.15, -0.1) is 0 Å². The van der Waals surface area contributed by atoms with Crippen LogP contribution in [0.1, 0.15) is 10.5 Å². The molecule has 0 aliphatic carbocycles. The number of nitrogens with zero attached hydrogens (tertiary/aromatic N) is 6. The standard InChI is InChI=1S/C20H18N6O2/c27-14-17-10-19-22-18(11-20(26(19)23-17)24-6-8-28-9-7-24)25-13-16(12-21-25)15-4-2-1-3-5-15/h1-5,10-14H,6-9H2. The van der Waals surface area contributed by atoms with Gasteiger partial charge < -0.3 is 9.64 Å². The lowest BCUT2D eigenvalue weighted by Crippen LogP contribution is -2.37. The minimum absolute atomic E-state index is 0.351. The van der Waals surface area contributed by atoms with Gasteiger partial charge in [0.2, 0.25) is 0 Å². The van der Waals surface area contributed by atoms with Crippen LogP contribution in [0.25, 0.3) is 22.6 Å². The maximum Gasteiger partial charge on any atom is 0.170 e. The van der Waals surface area contributed by atoms with Crippen LogP contribution in [0.4, 0.5) is 5.82 Å². The number of anilines is 1. The Hall–Kier alpha value is -3.52. The van der Waals surface area contributed by atoms with Crippen LogP contribution in [-0.4, -0.2) is 57.0 Å². The van der Waals surface area contributed by atoms with E-state index in [1.54, 1.807) is 15.3 Å². The Morgan fingerprint density at radius 2 is 1.86 bits per heavy atom. The Balaban J connectivity index is 1.61. The van der Waals surface area contributed by atoms with Gasteiger partial charge >= 0.3 is 0 Å². The third-order valence-corrected chi connectivity index (χ3v) is 4.79. The van der Waals surface area contributed by atoms with E-state index in [0.717, 1.165) is 36.3 Å². The zero-order valence-corrected chi connectivity index (χ0v) is 15.1. The van der Waals surface area contributed by atoms with E-state index in [1.165, 1.54) is 0 Å². The van der Waals surface area contributed by atoms with Gasteiger partial charge in [-0.2, -0.15) is 14.7 Å². The number of carbonyl (C=O) groups is 1. The van der Waals surface area contributed by atoms with Crippen molar-refractivity contribution in [3.05, 3.63) is 60.6 Å². The van der Waals surface area contributed by atoms with Gasteiger partial charge in [0.15, 0.2) is 17.8 Å². The number of ether oxygens (including phenoxy) is 1. The number of aromatic nitrogens is 5. The highest BCUT2D eigenvalue weighted by molar-refractivity contribution is 5.75. The number of rotatable bonds is 4. The van der Waals surface area contributed by atoms with Gasteiger partial charge in [-0.05, 0) is 5.56 Å². The molecule has 1 fully saturated rings. The van der Waals surface area contributed by atoms with E-state index in [-0.39, 0.29) is 0 Å². The molecule has 0 N–H and O–H groups in total. The highest BCUT2D eigenvalue weighted by Gasteiger charge is 2.18. The molecule has 1 aliphatic heterocycles. The zero-order chi connectivity index (χ0) is 18.9. The van der Waals surface area contributed by atoms with Crippen LogP contribution in [0, 0.1) is 0 Å². The topological polar surface area (TPSA) is 77.5 Å². The molecule has 0 radical (unpaired) electrons. The molecule has 1 saturated heterocycles. The molecule has 0 spiro atoms. The Morgan fingerprint density at radius 3 is 2.64 bits per heavy atom. The number of aldehydes is 1. The first-order valence-electron chi connectivity index (χ1n) is 9.11. The normalized spacial score (nSPS) is 14.5. The summed E-state index contributed by atoms with van der Waals surface area (Å²) in [4.78, 5) is 18.1. The van der Waals surface area contributed by atoms with Crippen LogP contribution in [0.5, 0.6) is 0 Å². The van der Waals surface area contributed by atoms with E-state index in [2.05, 4.69) is 20.1 Å². The Labute approximate surface area is 161 Å². The number of morpholine rings is 1. The molecule has 4 aromatic rings. The first kappa shape index (κ1) is 16.6. The van der Waals surface area contributed by atoms with Gasteiger partial charge in [0.1, 0.15) is 11.5 Å². The summed E-state index contributed by atoms with van der Waals surface area (Å²) in [7, 11) is 0. The predicted octanol–water partition coefficient (Wildman–Crippen LogP) is 2.23. The number of hydrogen-bond acceptors (Lipinski definition) is 6. The minimum atomic E-state index is 0.351. The Morgan fingerprint density at radius 1 is 1.04 bits per heavy atom. The largest absolute Gasteiger partial charge is 0.378 e. The van der Waals surface area contributed by atoms with Crippen molar-refractivity contribution >= 4 is 17.8 Å². The lowest BCUT2D eigenvalue weighted by molar-refractivity contribution is 0.111. The molecular weight excluding hydrogens is 356 g/mol. The maximum absolute atomic E-state index is 11.2. The van der Waals surface area contributed by atoms with Crippen LogP contribution in [0.15, 0.2) is 54.9 Å². The Bertz CT molecular complexity index is 1130. The molecule has 28 heavy (non-hydrogen) atoms. The summed E-state index contributed by atoms with van der Waals surface area (Å²) in [6, 6.07) is 13.7. The molecule has 4 heterocycles. The van der Waals surface area contributed by atoms with Crippen molar-refractivity contribution in [1.29, 1.82) is 0 Å². The van der Waals surface area contributed by atoms with Crippen molar-refractivity contribution in [3.8, 4) is 16.9 Å². The van der Waals surface area contributed by atoms with Crippen molar-refractivity contribution in [3.63, 3.8) is 0 Å². The highest BCUT2D eigenvalue weighted by atomic mass is 16.5. The third-order valence-electron chi connectivity index (χ3n) is 4.79. The highest BCUT2D eigenvalue weighted by Crippen LogP contribution is 2.23. The summed E-state index contributed by atoms with van der Waals surface area (Å²) < 4.78 is 8.92. The number of benzene rings is 1.